The fourth-order valence-corrected chi connectivity index (χ4v) is 2.87. The molecule has 80 valence electrons. The van der Waals surface area contributed by atoms with E-state index in [1.165, 1.54) is 4.88 Å². The minimum atomic E-state index is -0.329. The summed E-state index contributed by atoms with van der Waals surface area (Å²) in [5, 5.41) is 9.98. The zero-order valence-corrected chi connectivity index (χ0v) is 11.5. The quantitative estimate of drug-likeness (QED) is 0.855. The lowest BCUT2D eigenvalue weighted by Gasteiger charge is -2.21. The molecular weight excluding hydrogens is 260 g/mol. The SMILES string of the molecule is Cc1sc(C(O)CC(C)(C)C)cc1Br. The van der Waals surface area contributed by atoms with Gasteiger partial charge in [0.1, 0.15) is 0 Å². The maximum absolute atomic E-state index is 9.98. The Morgan fingerprint density at radius 2 is 2.07 bits per heavy atom. The summed E-state index contributed by atoms with van der Waals surface area (Å²) in [4.78, 5) is 2.29. The average Bonchev–Trinajstić information content (AvgIpc) is 2.28. The number of hydrogen-bond donors (Lipinski definition) is 1. The van der Waals surface area contributed by atoms with Crippen LogP contribution >= 0.6 is 27.3 Å². The highest BCUT2D eigenvalue weighted by Crippen LogP contribution is 2.35. The topological polar surface area (TPSA) is 20.2 Å². The average molecular weight is 277 g/mol. The number of aliphatic hydroxyl groups is 1. The molecule has 0 aliphatic carbocycles. The van der Waals surface area contributed by atoms with Crippen molar-refractivity contribution in [3.05, 3.63) is 20.3 Å². The lowest BCUT2D eigenvalue weighted by molar-refractivity contribution is 0.125. The van der Waals surface area contributed by atoms with Gasteiger partial charge in [-0.3, -0.25) is 0 Å². The molecule has 1 nitrogen and oxygen atoms in total. The van der Waals surface area contributed by atoms with Crippen LogP contribution in [0.4, 0.5) is 0 Å². The standard InChI is InChI=1S/C11H17BrOS/c1-7-8(12)5-10(14-7)9(13)6-11(2,3)4/h5,9,13H,6H2,1-4H3. The number of rotatable bonds is 2. The molecule has 0 spiro atoms. The lowest BCUT2D eigenvalue weighted by Crippen LogP contribution is -2.10. The third-order valence-corrected chi connectivity index (χ3v) is 4.25. The van der Waals surface area contributed by atoms with Crippen LogP contribution in [0.1, 0.15) is 43.1 Å². The Balaban J connectivity index is 2.75. The van der Waals surface area contributed by atoms with Crippen molar-refractivity contribution in [2.24, 2.45) is 5.41 Å². The highest BCUT2D eigenvalue weighted by molar-refractivity contribution is 9.10. The summed E-state index contributed by atoms with van der Waals surface area (Å²) in [5.41, 5.74) is 0.170. The zero-order valence-electron chi connectivity index (χ0n) is 9.10. The van der Waals surface area contributed by atoms with Crippen LogP contribution in [-0.2, 0) is 0 Å². The number of halogens is 1. The molecule has 1 unspecified atom stereocenters. The zero-order chi connectivity index (χ0) is 10.9. The second-order valence-corrected chi connectivity index (χ2v) is 6.98. The molecule has 0 aliphatic heterocycles. The third-order valence-electron chi connectivity index (χ3n) is 2.01. The van der Waals surface area contributed by atoms with Crippen molar-refractivity contribution in [3.63, 3.8) is 0 Å². The van der Waals surface area contributed by atoms with E-state index in [2.05, 4.69) is 43.6 Å². The molecule has 0 aliphatic rings. The Kier molecular flexibility index (Phi) is 3.78. The van der Waals surface area contributed by atoms with E-state index in [0.717, 1.165) is 15.8 Å². The van der Waals surface area contributed by atoms with Crippen LogP contribution in [0.25, 0.3) is 0 Å². The molecule has 0 amide bonds. The highest BCUT2D eigenvalue weighted by Gasteiger charge is 2.19. The van der Waals surface area contributed by atoms with E-state index in [1.54, 1.807) is 11.3 Å². The van der Waals surface area contributed by atoms with E-state index >= 15 is 0 Å². The lowest BCUT2D eigenvalue weighted by atomic mass is 9.89. The van der Waals surface area contributed by atoms with Crippen molar-refractivity contribution >= 4 is 27.3 Å². The van der Waals surface area contributed by atoms with Crippen molar-refractivity contribution in [2.45, 2.75) is 40.2 Å². The molecule has 0 aromatic carbocycles. The molecule has 3 heteroatoms. The van der Waals surface area contributed by atoms with Crippen molar-refractivity contribution in [1.29, 1.82) is 0 Å². The van der Waals surface area contributed by atoms with E-state index in [9.17, 15) is 5.11 Å². The van der Waals surface area contributed by atoms with E-state index in [-0.39, 0.29) is 11.5 Å². The van der Waals surface area contributed by atoms with Gasteiger partial charge in [0.25, 0.3) is 0 Å². The molecule has 1 N–H and O–H groups in total. The summed E-state index contributed by atoms with van der Waals surface area (Å²) in [6.07, 6.45) is 0.476. The number of thiophene rings is 1. The normalized spacial score (nSPS) is 14.4. The van der Waals surface area contributed by atoms with Gasteiger partial charge in [-0.1, -0.05) is 20.8 Å². The monoisotopic (exact) mass is 276 g/mol. The van der Waals surface area contributed by atoms with Crippen LogP contribution in [0, 0.1) is 12.3 Å². The summed E-state index contributed by atoms with van der Waals surface area (Å²) in [6, 6.07) is 2.02. The molecule has 1 aromatic rings. The van der Waals surface area contributed by atoms with E-state index in [4.69, 9.17) is 0 Å². The predicted molar refractivity (Wildman–Crippen MR) is 65.8 cm³/mol. The maximum Gasteiger partial charge on any atom is 0.0887 e. The molecule has 0 fully saturated rings. The van der Waals surface area contributed by atoms with E-state index in [0.29, 0.717) is 0 Å². The maximum atomic E-state index is 9.98. The first-order valence-electron chi connectivity index (χ1n) is 4.73. The van der Waals surface area contributed by atoms with Gasteiger partial charge in [0, 0.05) is 14.2 Å². The first-order chi connectivity index (χ1) is 6.29. The van der Waals surface area contributed by atoms with Gasteiger partial charge in [0.2, 0.25) is 0 Å². The van der Waals surface area contributed by atoms with Crippen LogP contribution in [0.5, 0.6) is 0 Å². The van der Waals surface area contributed by atoms with Crippen molar-refractivity contribution in [3.8, 4) is 0 Å². The molecule has 1 rings (SSSR count). The minimum Gasteiger partial charge on any atom is -0.388 e. The fourth-order valence-electron chi connectivity index (χ4n) is 1.33. The van der Waals surface area contributed by atoms with Gasteiger partial charge in [-0.2, -0.15) is 0 Å². The predicted octanol–water partition coefficient (Wildman–Crippen LogP) is 4.29. The summed E-state index contributed by atoms with van der Waals surface area (Å²) in [6.45, 7) is 8.49. The molecule has 0 radical (unpaired) electrons. The van der Waals surface area contributed by atoms with Crippen LogP contribution in [0.15, 0.2) is 10.5 Å². The molecule has 14 heavy (non-hydrogen) atoms. The summed E-state index contributed by atoms with van der Waals surface area (Å²) < 4.78 is 1.10. The van der Waals surface area contributed by atoms with Crippen molar-refractivity contribution in [1.82, 2.24) is 0 Å². The van der Waals surface area contributed by atoms with E-state index < -0.39 is 0 Å². The number of aliphatic hydroxyl groups excluding tert-OH is 1. The van der Waals surface area contributed by atoms with Gasteiger partial charge in [-0.25, -0.2) is 0 Å². The molecule has 1 heterocycles. The van der Waals surface area contributed by atoms with Crippen molar-refractivity contribution in [2.75, 3.05) is 0 Å². The van der Waals surface area contributed by atoms with Gasteiger partial charge >= 0.3 is 0 Å². The smallest absolute Gasteiger partial charge is 0.0887 e. The number of hydrogen-bond acceptors (Lipinski definition) is 2. The second kappa shape index (κ2) is 4.33. The van der Waals surface area contributed by atoms with Gasteiger partial charge in [-0.15, -0.1) is 11.3 Å². The Hall–Kier alpha value is 0.140. The molecule has 0 bridgehead atoms. The van der Waals surface area contributed by atoms with Crippen LogP contribution in [0.2, 0.25) is 0 Å². The summed E-state index contributed by atoms with van der Waals surface area (Å²) >= 11 is 5.13. The summed E-state index contributed by atoms with van der Waals surface area (Å²) in [7, 11) is 0. The summed E-state index contributed by atoms with van der Waals surface area (Å²) in [5.74, 6) is 0. The van der Waals surface area contributed by atoms with Gasteiger partial charge < -0.3 is 5.11 Å². The van der Waals surface area contributed by atoms with Crippen LogP contribution < -0.4 is 0 Å². The fraction of sp³-hybridized carbons (Fsp3) is 0.636. The van der Waals surface area contributed by atoms with Gasteiger partial charge in [-0.05, 0) is 40.8 Å². The van der Waals surface area contributed by atoms with Gasteiger partial charge in [0.15, 0.2) is 0 Å². The van der Waals surface area contributed by atoms with Crippen molar-refractivity contribution < 1.29 is 5.11 Å². The largest absolute Gasteiger partial charge is 0.388 e. The molecule has 0 saturated carbocycles. The molecular formula is C11H17BrOS. The first-order valence-corrected chi connectivity index (χ1v) is 6.34. The Morgan fingerprint density at radius 1 is 1.50 bits per heavy atom. The third kappa shape index (κ3) is 3.37. The van der Waals surface area contributed by atoms with E-state index in [1.807, 2.05) is 6.07 Å². The number of aryl methyl sites for hydroxylation is 1. The second-order valence-electron chi connectivity index (χ2n) is 4.83. The Labute approximate surface area is 98.3 Å². The van der Waals surface area contributed by atoms with Crippen LogP contribution in [0.3, 0.4) is 0 Å². The van der Waals surface area contributed by atoms with Crippen LogP contribution in [-0.4, -0.2) is 5.11 Å². The molecule has 1 atom stereocenters. The Bertz CT molecular complexity index is 292. The van der Waals surface area contributed by atoms with Gasteiger partial charge in [0.05, 0.1) is 6.10 Å². The first kappa shape index (κ1) is 12.2. The molecule has 0 saturated heterocycles. The minimum absolute atomic E-state index is 0.170. The Morgan fingerprint density at radius 3 is 2.43 bits per heavy atom. The highest BCUT2D eigenvalue weighted by atomic mass is 79.9. The molecule has 1 aromatic heterocycles.